The molecule has 0 radical (unpaired) electrons. The highest BCUT2D eigenvalue weighted by Crippen LogP contribution is 2.36. The van der Waals surface area contributed by atoms with Gasteiger partial charge in [-0.15, -0.1) is 0 Å². The normalized spacial score (nSPS) is 36.4. The number of Topliss-reactive ketones (excluding diaryl/α,β-unsaturated/α-hetero) is 1. The summed E-state index contributed by atoms with van der Waals surface area (Å²) in [5, 5.41) is 0. The number of ketones is 1. The van der Waals surface area contributed by atoms with Gasteiger partial charge in [-0.25, -0.2) is 0 Å². The molecule has 0 aliphatic carbocycles. The molecule has 1 saturated heterocycles. The first-order chi connectivity index (χ1) is 6.46. The Morgan fingerprint density at radius 2 is 2.14 bits per heavy atom. The Kier molecular flexibility index (Phi) is 3.36. The molecule has 3 atom stereocenters. The van der Waals surface area contributed by atoms with Crippen molar-refractivity contribution in [3.8, 4) is 0 Å². The second-order valence-electron chi connectivity index (χ2n) is 4.83. The molecule has 0 spiro atoms. The summed E-state index contributed by atoms with van der Waals surface area (Å²) in [6.07, 6.45) is 2.91. The quantitative estimate of drug-likeness (QED) is 0.693. The largest absolute Gasteiger partial charge is 0.298 e. The maximum Gasteiger partial charge on any atom is 0.151 e. The van der Waals surface area contributed by atoms with E-state index in [0.717, 1.165) is 19.3 Å². The third kappa shape index (κ3) is 1.72. The lowest BCUT2D eigenvalue weighted by molar-refractivity contribution is -0.119. The van der Waals surface area contributed by atoms with Crippen molar-refractivity contribution in [3.05, 3.63) is 0 Å². The Morgan fingerprint density at radius 1 is 1.57 bits per heavy atom. The Balaban J connectivity index is 2.92. The van der Waals surface area contributed by atoms with Gasteiger partial charge in [-0.1, -0.05) is 13.8 Å². The lowest BCUT2D eigenvalue weighted by Gasteiger charge is -2.40. The highest BCUT2D eigenvalue weighted by Gasteiger charge is 2.46. The molecule has 0 saturated carbocycles. The fourth-order valence-corrected chi connectivity index (χ4v) is 2.66. The van der Waals surface area contributed by atoms with Crippen LogP contribution in [0, 0.1) is 0 Å². The fourth-order valence-electron chi connectivity index (χ4n) is 2.66. The molecule has 0 aromatic carbocycles. The fraction of sp³-hybridized carbons (Fsp3) is 0.917. The topological polar surface area (TPSA) is 20.3 Å². The second-order valence-corrected chi connectivity index (χ2v) is 4.83. The van der Waals surface area contributed by atoms with Gasteiger partial charge in [0, 0.05) is 18.0 Å². The van der Waals surface area contributed by atoms with Gasteiger partial charge in [-0.3, -0.25) is 9.69 Å². The Hall–Kier alpha value is -0.370. The zero-order valence-corrected chi connectivity index (χ0v) is 10.1. The predicted molar refractivity (Wildman–Crippen MR) is 59.4 cm³/mol. The van der Waals surface area contributed by atoms with Crippen LogP contribution in [0.4, 0.5) is 0 Å². The molecule has 1 aliphatic heterocycles. The number of carbonyl (C=O) groups is 1. The van der Waals surface area contributed by atoms with Crippen LogP contribution in [0.5, 0.6) is 0 Å². The maximum atomic E-state index is 11.7. The molecule has 14 heavy (non-hydrogen) atoms. The van der Waals surface area contributed by atoms with Crippen molar-refractivity contribution >= 4 is 5.78 Å². The third-order valence-electron chi connectivity index (χ3n) is 3.89. The van der Waals surface area contributed by atoms with Crippen LogP contribution in [0.15, 0.2) is 0 Å². The van der Waals surface area contributed by atoms with Crippen LogP contribution in [-0.4, -0.2) is 28.3 Å². The predicted octanol–water partition coefficient (Wildman–Crippen LogP) is 2.62. The van der Waals surface area contributed by atoms with Gasteiger partial charge in [-0.05, 0) is 33.6 Å². The van der Waals surface area contributed by atoms with E-state index < -0.39 is 0 Å². The first-order valence-corrected chi connectivity index (χ1v) is 5.77. The molecule has 82 valence electrons. The molecule has 3 unspecified atom stereocenters. The van der Waals surface area contributed by atoms with Crippen LogP contribution >= 0.6 is 0 Å². The van der Waals surface area contributed by atoms with Gasteiger partial charge in [0.25, 0.3) is 0 Å². The smallest absolute Gasteiger partial charge is 0.151 e. The first-order valence-electron chi connectivity index (χ1n) is 5.77. The Bertz CT molecular complexity index is 226. The van der Waals surface area contributed by atoms with Crippen LogP contribution in [0.1, 0.15) is 53.9 Å². The van der Waals surface area contributed by atoms with Gasteiger partial charge in [0.1, 0.15) is 0 Å². The summed E-state index contributed by atoms with van der Waals surface area (Å²) < 4.78 is 0. The number of likely N-dealkylation sites (tertiary alicyclic amines) is 1. The molecule has 1 aliphatic rings. The minimum atomic E-state index is 0.103. The van der Waals surface area contributed by atoms with E-state index >= 15 is 0 Å². The van der Waals surface area contributed by atoms with E-state index in [4.69, 9.17) is 0 Å². The van der Waals surface area contributed by atoms with Crippen LogP contribution in [0.2, 0.25) is 0 Å². The first kappa shape index (κ1) is 11.7. The number of hydrogen-bond acceptors (Lipinski definition) is 2. The molecule has 0 bridgehead atoms. The van der Waals surface area contributed by atoms with Crippen molar-refractivity contribution in [2.45, 2.75) is 71.5 Å². The standard InChI is InChI=1S/C12H23NO/c1-6-9(3)13-10(4)11(14)8-12(13,5)7-2/h9-10H,6-8H2,1-5H3. The summed E-state index contributed by atoms with van der Waals surface area (Å²) in [7, 11) is 0. The highest BCUT2D eigenvalue weighted by molar-refractivity contribution is 5.87. The number of hydrogen-bond donors (Lipinski definition) is 0. The molecule has 0 N–H and O–H groups in total. The molecule has 1 fully saturated rings. The Morgan fingerprint density at radius 3 is 2.57 bits per heavy atom. The summed E-state index contributed by atoms with van der Waals surface area (Å²) in [5.74, 6) is 0.412. The van der Waals surface area contributed by atoms with Gasteiger partial charge in [0.2, 0.25) is 0 Å². The molecule has 2 heteroatoms. The molecule has 1 rings (SSSR count). The van der Waals surface area contributed by atoms with Crippen LogP contribution in [0.3, 0.4) is 0 Å². The average molecular weight is 197 g/mol. The monoisotopic (exact) mass is 197 g/mol. The third-order valence-corrected chi connectivity index (χ3v) is 3.89. The minimum absolute atomic E-state index is 0.103. The SMILES string of the molecule is CCC(C)N1C(C)C(=O)CC1(C)CC. The summed E-state index contributed by atoms with van der Waals surface area (Å²) in [5.41, 5.74) is 0.103. The van der Waals surface area contributed by atoms with Crippen molar-refractivity contribution in [1.82, 2.24) is 4.90 Å². The molecule has 2 nitrogen and oxygen atoms in total. The van der Waals surface area contributed by atoms with Crippen molar-refractivity contribution < 1.29 is 4.79 Å². The molecular weight excluding hydrogens is 174 g/mol. The van der Waals surface area contributed by atoms with Gasteiger partial charge < -0.3 is 0 Å². The van der Waals surface area contributed by atoms with E-state index in [-0.39, 0.29) is 11.6 Å². The van der Waals surface area contributed by atoms with E-state index in [0.29, 0.717) is 11.8 Å². The lowest BCUT2D eigenvalue weighted by atomic mass is 9.94. The molecular formula is C12H23NO. The van der Waals surface area contributed by atoms with Crippen LogP contribution < -0.4 is 0 Å². The summed E-state index contributed by atoms with van der Waals surface area (Å²) in [6.45, 7) is 10.9. The zero-order valence-electron chi connectivity index (χ0n) is 10.1. The number of carbonyl (C=O) groups excluding carboxylic acids is 1. The van der Waals surface area contributed by atoms with Gasteiger partial charge in [0.05, 0.1) is 6.04 Å². The van der Waals surface area contributed by atoms with E-state index in [1.54, 1.807) is 0 Å². The van der Waals surface area contributed by atoms with Crippen molar-refractivity contribution in [2.75, 3.05) is 0 Å². The molecule has 0 aromatic rings. The van der Waals surface area contributed by atoms with E-state index in [9.17, 15) is 4.79 Å². The lowest BCUT2D eigenvalue weighted by Crippen LogP contribution is -2.49. The molecule has 1 heterocycles. The maximum absolute atomic E-state index is 11.7. The van der Waals surface area contributed by atoms with Crippen molar-refractivity contribution in [3.63, 3.8) is 0 Å². The summed E-state index contributed by atoms with van der Waals surface area (Å²) in [6, 6.07) is 0.635. The average Bonchev–Trinajstić information content (AvgIpc) is 2.38. The summed E-state index contributed by atoms with van der Waals surface area (Å²) in [4.78, 5) is 14.1. The number of nitrogens with zero attached hydrogens (tertiary/aromatic N) is 1. The Labute approximate surface area is 87.7 Å². The van der Waals surface area contributed by atoms with Gasteiger partial charge >= 0.3 is 0 Å². The van der Waals surface area contributed by atoms with E-state index in [2.05, 4.69) is 39.5 Å². The van der Waals surface area contributed by atoms with Gasteiger partial charge in [0.15, 0.2) is 5.78 Å². The van der Waals surface area contributed by atoms with E-state index in [1.165, 1.54) is 0 Å². The minimum Gasteiger partial charge on any atom is -0.298 e. The zero-order chi connectivity index (χ0) is 10.9. The van der Waals surface area contributed by atoms with E-state index in [1.807, 2.05) is 0 Å². The van der Waals surface area contributed by atoms with Gasteiger partial charge in [-0.2, -0.15) is 0 Å². The number of rotatable bonds is 3. The summed E-state index contributed by atoms with van der Waals surface area (Å²) >= 11 is 0. The van der Waals surface area contributed by atoms with Crippen molar-refractivity contribution in [2.24, 2.45) is 0 Å². The molecule has 0 aromatic heterocycles. The van der Waals surface area contributed by atoms with Crippen LogP contribution in [-0.2, 0) is 4.79 Å². The molecule has 0 amide bonds. The van der Waals surface area contributed by atoms with Crippen LogP contribution in [0.25, 0.3) is 0 Å². The van der Waals surface area contributed by atoms with Crippen molar-refractivity contribution in [1.29, 1.82) is 0 Å². The highest BCUT2D eigenvalue weighted by atomic mass is 16.1. The second kappa shape index (κ2) is 4.01.